The number of likely N-dealkylation sites (tertiary alicyclic amines) is 1. The molecule has 1 fully saturated rings. The fourth-order valence-corrected chi connectivity index (χ4v) is 3.66. The van der Waals surface area contributed by atoms with Gasteiger partial charge >= 0.3 is 5.97 Å². The molecule has 0 radical (unpaired) electrons. The lowest BCUT2D eigenvalue weighted by Crippen LogP contribution is -2.42. The van der Waals surface area contributed by atoms with Crippen molar-refractivity contribution in [2.75, 3.05) is 19.7 Å². The number of aromatic nitrogens is 2. The van der Waals surface area contributed by atoms with E-state index < -0.39 is 0 Å². The highest BCUT2D eigenvalue weighted by Crippen LogP contribution is 2.20. The van der Waals surface area contributed by atoms with E-state index in [0.29, 0.717) is 32.5 Å². The number of benzene rings is 1. The molecule has 150 valence electrons. The number of amides is 1. The Balaban J connectivity index is 1.50. The van der Waals surface area contributed by atoms with E-state index in [2.05, 4.69) is 5.10 Å². The van der Waals surface area contributed by atoms with Crippen molar-refractivity contribution in [3.63, 3.8) is 0 Å². The molecule has 2 heterocycles. The zero-order chi connectivity index (χ0) is 20.1. The number of piperidine rings is 1. The van der Waals surface area contributed by atoms with E-state index in [4.69, 9.17) is 4.74 Å². The third kappa shape index (κ3) is 4.58. The van der Waals surface area contributed by atoms with E-state index in [0.717, 1.165) is 29.3 Å². The minimum Gasteiger partial charge on any atom is -0.466 e. The highest BCUT2D eigenvalue weighted by Gasteiger charge is 2.29. The Morgan fingerprint density at radius 1 is 1.21 bits per heavy atom. The average molecular weight is 385 g/mol. The van der Waals surface area contributed by atoms with Gasteiger partial charge in [0.25, 0.3) is 0 Å². The standard InChI is InChI=1S/C21H27N3O4/c1-3-28-21(27)16-6-5-11-23(14-16)19(25)7-4-8-20(26)24-18-10-9-15(2)12-17(18)13-22-24/h9-10,12-13,16H,3-8,11,14H2,1-2H3. The molecule has 2 aromatic rings. The van der Waals surface area contributed by atoms with Crippen LogP contribution in [0.15, 0.2) is 24.4 Å². The number of carbonyl (C=O) groups excluding carboxylic acids is 3. The van der Waals surface area contributed by atoms with Gasteiger partial charge in [0.1, 0.15) is 0 Å². The van der Waals surface area contributed by atoms with Crippen LogP contribution in [0.3, 0.4) is 0 Å². The van der Waals surface area contributed by atoms with Crippen LogP contribution in [0, 0.1) is 12.8 Å². The highest BCUT2D eigenvalue weighted by molar-refractivity contribution is 5.91. The molecular weight excluding hydrogens is 358 g/mol. The van der Waals surface area contributed by atoms with Crippen LogP contribution in [0.4, 0.5) is 0 Å². The molecule has 1 amide bonds. The van der Waals surface area contributed by atoms with Crippen molar-refractivity contribution < 1.29 is 19.1 Å². The predicted octanol–water partition coefficient (Wildman–Crippen LogP) is 2.96. The lowest BCUT2D eigenvalue weighted by Gasteiger charge is -2.31. The summed E-state index contributed by atoms with van der Waals surface area (Å²) in [7, 11) is 0. The number of esters is 1. The van der Waals surface area contributed by atoms with E-state index in [-0.39, 0.29) is 30.1 Å². The number of hydrogen-bond acceptors (Lipinski definition) is 5. The van der Waals surface area contributed by atoms with Crippen LogP contribution in [0.25, 0.3) is 10.9 Å². The van der Waals surface area contributed by atoms with Crippen LogP contribution in [-0.2, 0) is 14.3 Å². The molecule has 0 aliphatic carbocycles. The van der Waals surface area contributed by atoms with Crippen LogP contribution in [0.1, 0.15) is 49.4 Å². The molecule has 1 aliphatic heterocycles. The van der Waals surface area contributed by atoms with E-state index >= 15 is 0 Å². The van der Waals surface area contributed by atoms with Crippen molar-refractivity contribution in [1.82, 2.24) is 14.7 Å². The summed E-state index contributed by atoms with van der Waals surface area (Å²) in [5, 5.41) is 5.12. The normalized spacial score (nSPS) is 16.9. The van der Waals surface area contributed by atoms with Crippen molar-refractivity contribution in [2.45, 2.75) is 46.0 Å². The summed E-state index contributed by atoms with van der Waals surface area (Å²) < 4.78 is 6.49. The second-order valence-electron chi connectivity index (χ2n) is 7.30. The third-order valence-electron chi connectivity index (χ3n) is 5.14. The fourth-order valence-electron chi connectivity index (χ4n) is 3.66. The Bertz CT molecular complexity index is 874. The third-order valence-corrected chi connectivity index (χ3v) is 5.14. The van der Waals surface area contributed by atoms with Gasteiger partial charge in [0.05, 0.1) is 24.2 Å². The first kappa shape index (κ1) is 20.0. The van der Waals surface area contributed by atoms with Crippen molar-refractivity contribution in [2.24, 2.45) is 5.92 Å². The molecule has 1 aromatic heterocycles. The molecule has 0 saturated carbocycles. The highest BCUT2D eigenvalue weighted by atomic mass is 16.5. The molecule has 3 rings (SSSR count). The van der Waals surface area contributed by atoms with Gasteiger partial charge in [-0.2, -0.15) is 5.10 Å². The summed E-state index contributed by atoms with van der Waals surface area (Å²) in [6.45, 7) is 5.20. The number of ether oxygens (including phenoxy) is 1. The summed E-state index contributed by atoms with van der Waals surface area (Å²) in [5.74, 6) is -0.591. The number of aryl methyl sites for hydroxylation is 1. The van der Waals surface area contributed by atoms with Gasteiger partial charge in [0, 0.05) is 31.3 Å². The first-order valence-corrected chi connectivity index (χ1v) is 9.91. The molecule has 1 atom stereocenters. The molecular formula is C21H27N3O4. The lowest BCUT2D eigenvalue weighted by atomic mass is 9.97. The number of carbonyl (C=O) groups is 3. The number of fused-ring (bicyclic) bond motifs is 1. The maximum atomic E-state index is 12.5. The molecule has 7 nitrogen and oxygen atoms in total. The number of nitrogens with zero attached hydrogens (tertiary/aromatic N) is 3. The summed E-state index contributed by atoms with van der Waals surface area (Å²) in [5.41, 5.74) is 1.91. The summed E-state index contributed by atoms with van der Waals surface area (Å²) in [6, 6.07) is 5.84. The van der Waals surface area contributed by atoms with Gasteiger partial charge in [0.15, 0.2) is 0 Å². The van der Waals surface area contributed by atoms with Crippen molar-refractivity contribution in [3.05, 3.63) is 30.0 Å². The van der Waals surface area contributed by atoms with Gasteiger partial charge in [0.2, 0.25) is 11.8 Å². The van der Waals surface area contributed by atoms with Crippen LogP contribution < -0.4 is 0 Å². The largest absolute Gasteiger partial charge is 0.466 e. The van der Waals surface area contributed by atoms with Crippen LogP contribution in [0.2, 0.25) is 0 Å². The fraction of sp³-hybridized carbons (Fsp3) is 0.524. The number of hydrogen-bond donors (Lipinski definition) is 0. The average Bonchev–Trinajstić information content (AvgIpc) is 3.11. The quantitative estimate of drug-likeness (QED) is 0.714. The van der Waals surface area contributed by atoms with Gasteiger partial charge in [-0.25, -0.2) is 4.68 Å². The maximum Gasteiger partial charge on any atom is 0.310 e. The smallest absolute Gasteiger partial charge is 0.310 e. The van der Waals surface area contributed by atoms with Gasteiger partial charge < -0.3 is 9.64 Å². The second-order valence-corrected chi connectivity index (χ2v) is 7.30. The first-order valence-electron chi connectivity index (χ1n) is 9.91. The maximum absolute atomic E-state index is 12.5. The Morgan fingerprint density at radius 3 is 2.79 bits per heavy atom. The van der Waals surface area contributed by atoms with E-state index in [1.807, 2.05) is 25.1 Å². The minimum absolute atomic E-state index is 0.0113. The molecule has 28 heavy (non-hydrogen) atoms. The van der Waals surface area contributed by atoms with Crippen molar-refractivity contribution in [1.29, 1.82) is 0 Å². The summed E-state index contributed by atoms with van der Waals surface area (Å²) >= 11 is 0. The van der Waals surface area contributed by atoms with Crippen LogP contribution >= 0.6 is 0 Å². The van der Waals surface area contributed by atoms with Gasteiger partial charge in [-0.3, -0.25) is 14.4 Å². The summed E-state index contributed by atoms with van der Waals surface area (Å²) in [6.07, 6.45) is 4.25. The van der Waals surface area contributed by atoms with Crippen LogP contribution in [-0.4, -0.2) is 52.2 Å². The lowest BCUT2D eigenvalue weighted by molar-refractivity contribution is -0.151. The van der Waals surface area contributed by atoms with E-state index in [9.17, 15) is 14.4 Å². The molecule has 1 saturated heterocycles. The zero-order valence-corrected chi connectivity index (χ0v) is 16.5. The number of rotatable bonds is 6. The first-order chi connectivity index (χ1) is 13.5. The predicted molar refractivity (Wildman–Crippen MR) is 105 cm³/mol. The van der Waals surface area contributed by atoms with Gasteiger partial charge in [-0.15, -0.1) is 0 Å². The monoisotopic (exact) mass is 385 g/mol. The van der Waals surface area contributed by atoms with Crippen LogP contribution in [0.5, 0.6) is 0 Å². The van der Waals surface area contributed by atoms with Gasteiger partial charge in [-0.1, -0.05) is 11.6 Å². The molecule has 0 bridgehead atoms. The second kappa shape index (κ2) is 8.99. The molecule has 1 aliphatic rings. The van der Waals surface area contributed by atoms with Crippen molar-refractivity contribution >= 4 is 28.7 Å². The van der Waals surface area contributed by atoms with Crippen molar-refractivity contribution in [3.8, 4) is 0 Å². The Hall–Kier alpha value is -2.70. The Labute approximate surface area is 164 Å². The Morgan fingerprint density at radius 2 is 2.00 bits per heavy atom. The zero-order valence-electron chi connectivity index (χ0n) is 16.5. The molecule has 0 N–H and O–H groups in total. The Kier molecular flexibility index (Phi) is 6.44. The minimum atomic E-state index is -0.238. The molecule has 1 unspecified atom stereocenters. The molecule has 7 heteroatoms. The van der Waals surface area contributed by atoms with E-state index in [1.54, 1.807) is 18.0 Å². The van der Waals surface area contributed by atoms with E-state index in [1.165, 1.54) is 4.68 Å². The SMILES string of the molecule is CCOC(=O)C1CCCN(C(=O)CCCC(=O)n2ncc3cc(C)ccc32)C1. The molecule has 0 spiro atoms. The topological polar surface area (TPSA) is 81.5 Å². The van der Waals surface area contributed by atoms with Gasteiger partial charge in [-0.05, 0) is 45.2 Å². The summed E-state index contributed by atoms with van der Waals surface area (Å²) in [4.78, 5) is 38.6. The molecule has 1 aromatic carbocycles.